The van der Waals surface area contributed by atoms with Crippen molar-refractivity contribution in [2.45, 2.75) is 18.6 Å². The number of rotatable bonds is 8. The SMILES string of the molecule is COc1ccc(C)cc1NC(=O)CSc1nnc(CNC(=O)c2ccc(Cl)cc2Cl)n1C. The number of carbonyl (C=O) groups is 2. The Morgan fingerprint density at radius 1 is 1.16 bits per heavy atom. The average molecular weight is 494 g/mol. The molecule has 2 aromatic carbocycles. The maximum atomic E-state index is 12.4. The molecule has 2 N–H and O–H groups in total. The first-order valence-electron chi connectivity index (χ1n) is 9.47. The standard InChI is InChI=1S/C21H21Cl2N5O3S/c1-12-4-7-17(31-3)16(8-12)25-19(29)11-32-21-27-26-18(28(21)2)10-24-20(30)14-6-5-13(22)9-15(14)23/h4-9H,10-11H2,1-3H3,(H,24,30)(H,25,29). The zero-order valence-electron chi connectivity index (χ0n) is 17.6. The number of hydrogen-bond donors (Lipinski definition) is 2. The third-order valence-corrected chi connectivity index (χ3v) is 6.04. The first-order chi connectivity index (χ1) is 15.3. The Morgan fingerprint density at radius 2 is 1.94 bits per heavy atom. The molecule has 2 amide bonds. The highest BCUT2D eigenvalue weighted by molar-refractivity contribution is 7.99. The number of thioether (sulfide) groups is 1. The van der Waals surface area contributed by atoms with Crippen LogP contribution < -0.4 is 15.4 Å². The van der Waals surface area contributed by atoms with Crippen LogP contribution in [0, 0.1) is 6.92 Å². The molecule has 0 unspecified atom stereocenters. The molecule has 0 radical (unpaired) electrons. The van der Waals surface area contributed by atoms with E-state index in [1.165, 1.54) is 17.8 Å². The van der Waals surface area contributed by atoms with Crippen molar-refractivity contribution in [3.63, 3.8) is 0 Å². The van der Waals surface area contributed by atoms with Crippen molar-refractivity contribution in [3.05, 3.63) is 63.4 Å². The number of carbonyl (C=O) groups excluding carboxylic acids is 2. The molecule has 0 bridgehead atoms. The van der Waals surface area contributed by atoms with Gasteiger partial charge in [0.15, 0.2) is 11.0 Å². The molecule has 0 saturated carbocycles. The van der Waals surface area contributed by atoms with Gasteiger partial charge in [0.25, 0.3) is 5.91 Å². The van der Waals surface area contributed by atoms with Gasteiger partial charge in [-0.3, -0.25) is 9.59 Å². The van der Waals surface area contributed by atoms with Gasteiger partial charge in [-0.1, -0.05) is 41.0 Å². The summed E-state index contributed by atoms with van der Waals surface area (Å²) in [6, 6.07) is 10.2. The first kappa shape index (κ1) is 23.9. The van der Waals surface area contributed by atoms with Gasteiger partial charge < -0.3 is 19.9 Å². The first-order valence-corrected chi connectivity index (χ1v) is 11.2. The minimum atomic E-state index is -0.352. The van der Waals surface area contributed by atoms with Crippen molar-refractivity contribution in [1.82, 2.24) is 20.1 Å². The lowest BCUT2D eigenvalue weighted by Crippen LogP contribution is -2.24. The molecule has 168 valence electrons. The van der Waals surface area contributed by atoms with Crippen LogP contribution in [0.1, 0.15) is 21.7 Å². The van der Waals surface area contributed by atoms with Crippen LogP contribution >= 0.6 is 35.0 Å². The average Bonchev–Trinajstić information content (AvgIpc) is 3.10. The fourth-order valence-electron chi connectivity index (χ4n) is 2.79. The molecule has 0 aliphatic heterocycles. The number of anilines is 1. The summed E-state index contributed by atoms with van der Waals surface area (Å²) in [5, 5.41) is 15.0. The molecule has 3 aromatic rings. The lowest BCUT2D eigenvalue weighted by atomic mass is 10.2. The minimum absolute atomic E-state index is 0.135. The van der Waals surface area contributed by atoms with Crippen LogP contribution in [-0.4, -0.2) is 39.4 Å². The van der Waals surface area contributed by atoms with E-state index in [1.807, 2.05) is 19.1 Å². The highest BCUT2D eigenvalue weighted by Crippen LogP contribution is 2.26. The number of nitrogens with zero attached hydrogens (tertiary/aromatic N) is 3. The number of nitrogens with one attached hydrogen (secondary N) is 2. The summed E-state index contributed by atoms with van der Waals surface area (Å²) in [4.78, 5) is 24.8. The zero-order valence-corrected chi connectivity index (χ0v) is 19.9. The second kappa shape index (κ2) is 10.7. The summed E-state index contributed by atoms with van der Waals surface area (Å²) in [5.74, 6) is 0.707. The number of ether oxygens (including phenoxy) is 1. The number of amides is 2. The molecule has 0 spiro atoms. The molecule has 1 aromatic heterocycles. The number of hydrogen-bond acceptors (Lipinski definition) is 6. The Hall–Kier alpha value is -2.75. The Kier molecular flexibility index (Phi) is 8.00. The van der Waals surface area contributed by atoms with Gasteiger partial charge in [-0.25, -0.2) is 0 Å². The van der Waals surface area contributed by atoms with E-state index in [4.69, 9.17) is 27.9 Å². The van der Waals surface area contributed by atoms with Crippen molar-refractivity contribution in [2.75, 3.05) is 18.2 Å². The molecule has 0 saturated heterocycles. The van der Waals surface area contributed by atoms with E-state index in [2.05, 4.69) is 20.8 Å². The van der Waals surface area contributed by atoms with Crippen LogP contribution in [0.25, 0.3) is 0 Å². The highest BCUT2D eigenvalue weighted by Gasteiger charge is 2.15. The quantitative estimate of drug-likeness (QED) is 0.458. The molecule has 0 fully saturated rings. The summed E-state index contributed by atoms with van der Waals surface area (Å²) >= 11 is 13.2. The highest BCUT2D eigenvalue weighted by atomic mass is 35.5. The van der Waals surface area contributed by atoms with E-state index in [0.29, 0.717) is 33.0 Å². The molecule has 32 heavy (non-hydrogen) atoms. The van der Waals surface area contributed by atoms with E-state index >= 15 is 0 Å². The van der Waals surface area contributed by atoms with Crippen molar-refractivity contribution in [3.8, 4) is 5.75 Å². The molecule has 1 heterocycles. The second-order valence-corrected chi connectivity index (χ2v) is 8.59. The second-order valence-electron chi connectivity index (χ2n) is 6.81. The fraction of sp³-hybridized carbons (Fsp3) is 0.238. The lowest BCUT2D eigenvalue weighted by molar-refractivity contribution is -0.113. The van der Waals surface area contributed by atoms with Crippen LogP contribution in [0.3, 0.4) is 0 Å². The molecule has 3 rings (SSSR count). The lowest BCUT2D eigenvalue weighted by Gasteiger charge is -2.11. The van der Waals surface area contributed by atoms with Gasteiger partial charge in [-0.05, 0) is 42.8 Å². The van der Waals surface area contributed by atoms with Gasteiger partial charge in [-0.15, -0.1) is 10.2 Å². The van der Waals surface area contributed by atoms with Crippen molar-refractivity contribution in [2.24, 2.45) is 7.05 Å². The van der Waals surface area contributed by atoms with Crippen LogP contribution in [-0.2, 0) is 18.4 Å². The number of aromatic nitrogens is 3. The molecule has 11 heteroatoms. The van der Waals surface area contributed by atoms with Crippen molar-refractivity contribution < 1.29 is 14.3 Å². The molecule has 8 nitrogen and oxygen atoms in total. The van der Waals surface area contributed by atoms with E-state index in [-0.39, 0.29) is 29.1 Å². The van der Waals surface area contributed by atoms with Gasteiger partial charge in [-0.2, -0.15) is 0 Å². The van der Waals surface area contributed by atoms with Crippen LogP contribution in [0.4, 0.5) is 5.69 Å². The molecule has 0 aliphatic rings. The number of aryl methyl sites for hydroxylation is 1. The van der Waals surface area contributed by atoms with Gasteiger partial charge in [0.2, 0.25) is 5.91 Å². The Morgan fingerprint density at radius 3 is 2.66 bits per heavy atom. The zero-order chi connectivity index (χ0) is 23.3. The monoisotopic (exact) mass is 493 g/mol. The van der Waals surface area contributed by atoms with Gasteiger partial charge in [0.05, 0.1) is 35.7 Å². The fourth-order valence-corrected chi connectivity index (χ4v) is 4.01. The maximum absolute atomic E-state index is 12.4. The normalized spacial score (nSPS) is 10.7. The molecular formula is C21H21Cl2N5O3S. The summed E-state index contributed by atoms with van der Waals surface area (Å²) in [6.07, 6.45) is 0. The number of benzene rings is 2. The van der Waals surface area contributed by atoms with Gasteiger partial charge in [0, 0.05) is 12.1 Å². The van der Waals surface area contributed by atoms with Crippen LogP contribution in [0.2, 0.25) is 10.0 Å². The van der Waals surface area contributed by atoms with Crippen LogP contribution in [0.5, 0.6) is 5.75 Å². The van der Waals surface area contributed by atoms with Crippen molar-refractivity contribution >= 4 is 52.5 Å². The molecule has 0 atom stereocenters. The largest absolute Gasteiger partial charge is 0.495 e. The minimum Gasteiger partial charge on any atom is -0.495 e. The van der Waals surface area contributed by atoms with E-state index in [0.717, 1.165) is 5.56 Å². The van der Waals surface area contributed by atoms with E-state index < -0.39 is 0 Å². The Bertz CT molecular complexity index is 1150. The van der Waals surface area contributed by atoms with E-state index in [9.17, 15) is 9.59 Å². The molecular weight excluding hydrogens is 473 g/mol. The topological polar surface area (TPSA) is 98.1 Å². The predicted molar refractivity (Wildman–Crippen MR) is 126 cm³/mol. The predicted octanol–water partition coefficient (Wildman–Crippen LogP) is 4.10. The summed E-state index contributed by atoms with van der Waals surface area (Å²) in [6.45, 7) is 2.08. The molecule has 0 aliphatic carbocycles. The summed E-state index contributed by atoms with van der Waals surface area (Å²) < 4.78 is 7.00. The Labute approximate surface area is 199 Å². The Balaban J connectivity index is 1.56. The van der Waals surface area contributed by atoms with Gasteiger partial charge >= 0.3 is 0 Å². The number of halogens is 2. The van der Waals surface area contributed by atoms with Crippen LogP contribution in [0.15, 0.2) is 41.6 Å². The maximum Gasteiger partial charge on any atom is 0.253 e. The smallest absolute Gasteiger partial charge is 0.253 e. The summed E-state index contributed by atoms with van der Waals surface area (Å²) in [5.41, 5.74) is 1.94. The van der Waals surface area contributed by atoms with Crippen molar-refractivity contribution in [1.29, 1.82) is 0 Å². The number of methoxy groups -OCH3 is 1. The van der Waals surface area contributed by atoms with E-state index in [1.54, 1.807) is 36.9 Å². The summed E-state index contributed by atoms with van der Waals surface area (Å²) in [7, 11) is 3.32. The third-order valence-electron chi connectivity index (χ3n) is 4.47. The van der Waals surface area contributed by atoms with Gasteiger partial charge in [0.1, 0.15) is 5.75 Å². The third kappa shape index (κ3) is 5.93.